The van der Waals surface area contributed by atoms with E-state index in [0.717, 1.165) is 42.0 Å². The van der Waals surface area contributed by atoms with Gasteiger partial charge in [0.2, 0.25) is 0 Å². The van der Waals surface area contributed by atoms with Crippen LogP contribution >= 0.6 is 11.6 Å². The van der Waals surface area contributed by atoms with Crippen LogP contribution in [-0.4, -0.2) is 61.1 Å². The molecule has 0 amide bonds. The number of hydrogen-bond donors (Lipinski definition) is 3. The van der Waals surface area contributed by atoms with Crippen LogP contribution in [-0.2, 0) is 16.1 Å². The molecule has 1 fully saturated rings. The van der Waals surface area contributed by atoms with E-state index in [9.17, 15) is 4.79 Å². The Labute approximate surface area is 224 Å². The maximum atomic E-state index is 11.2. The Kier molecular flexibility index (Phi) is 10.8. The SMILES string of the molecule is CC#C[C@@H](CC(=O)O)c1ccc(OCc2ccc(C(=N)CN3CCOCC3)c(NCC(C)C)c2Cl)cc1. The Morgan fingerprint density at radius 3 is 2.54 bits per heavy atom. The van der Waals surface area contributed by atoms with Gasteiger partial charge in [-0.3, -0.25) is 9.69 Å². The van der Waals surface area contributed by atoms with Crippen molar-refractivity contribution >= 4 is 29.0 Å². The van der Waals surface area contributed by atoms with Crippen molar-refractivity contribution in [3.05, 3.63) is 58.1 Å². The molecule has 2 aromatic carbocycles. The molecule has 198 valence electrons. The van der Waals surface area contributed by atoms with Crippen LogP contribution in [0.5, 0.6) is 5.75 Å². The molecule has 0 radical (unpaired) electrons. The number of carboxylic acid groups (broad SMARTS) is 1. The summed E-state index contributed by atoms with van der Waals surface area (Å²) in [5.41, 5.74) is 3.74. The van der Waals surface area contributed by atoms with Crippen molar-refractivity contribution in [1.82, 2.24) is 4.90 Å². The molecule has 37 heavy (non-hydrogen) atoms. The number of rotatable bonds is 12. The van der Waals surface area contributed by atoms with Crippen LogP contribution in [0.15, 0.2) is 36.4 Å². The van der Waals surface area contributed by atoms with Gasteiger partial charge in [-0.15, -0.1) is 5.92 Å². The minimum absolute atomic E-state index is 0.0459. The molecule has 3 N–H and O–H groups in total. The Hall–Kier alpha value is -3.05. The van der Waals surface area contributed by atoms with Gasteiger partial charge in [0.05, 0.1) is 42.0 Å². The van der Waals surface area contributed by atoms with Crippen molar-refractivity contribution in [2.75, 3.05) is 44.7 Å². The van der Waals surface area contributed by atoms with Crippen molar-refractivity contribution < 1.29 is 19.4 Å². The van der Waals surface area contributed by atoms with Gasteiger partial charge in [0.15, 0.2) is 0 Å². The standard InChI is InChI=1S/C29H36ClN3O4/c1-4-5-22(16-27(34)35)21-6-9-24(10-7-21)37-19-23-8-11-25(29(28(23)30)32-17-20(2)3)26(31)18-33-12-14-36-15-13-33/h6-11,20,22,31-32H,12-19H2,1-3H3,(H,34,35)/t22-/m0/s1. The van der Waals surface area contributed by atoms with E-state index in [1.807, 2.05) is 36.4 Å². The largest absolute Gasteiger partial charge is 0.489 e. The lowest BCUT2D eigenvalue weighted by Gasteiger charge is -2.27. The minimum atomic E-state index is -0.883. The predicted octanol–water partition coefficient (Wildman–Crippen LogP) is 5.27. The highest BCUT2D eigenvalue weighted by atomic mass is 35.5. The Balaban J connectivity index is 1.74. The average Bonchev–Trinajstić information content (AvgIpc) is 2.87. The van der Waals surface area contributed by atoms with Gasteiger partial charge in [-0.1, -0.05) is 55.6 Å². The molecule has 0 bridgehead atoms. The molecule has 2 aromatic rings. The number of hydrogen-bond acceptors (Lipinski definition) is 6. The van der Waals surface area contributed by atoms with Crippen LogP contribution < -0.4 is 10.1 Å². The topological polar surface area (TPSA) is 94.9 Å². The first kappa shape index (κ1) is 28.5. The zero-order chi connectivity index (χ0) is 26.8. The number of nitrogens with one attached hydrogen (secondary N) is 2. The number of halogens is 1. The highest BCUT2D eigenvalue weighted by molar-refractivity contribution is 6.35. The lowest BCUT2D eigenvalue weighted by molar-refractivity contribution is -0.137. The molecule has 3 rings (SSSR count). The average molecular weight is 526 g/mol. The van der Waals surface area contributed by atoms with Gasteiger partial charge >= 0.3 is 5.97 Å². The summed E-state index contributed by atoms with van der Waals surface area (Å²) in [5.74, 6) is 5.59. The highest BCUT2D eigenvalue weighted by Gasteiger charge is 2.19. The molecule has 1 aliphatic heterocycles. The smallest absolute Gasteiger partial charge is 0.304 e. The number of nitrogens with zero attached hydrogens (tertiary/aromatic N) is 1. The summed E-state index contributed by atoms with van der Waals surface area (Å²) in [6.45, 7) is 10.5. The van der Waals surface area contributed by atoms with E-state index in [-0.39, 0.29) is 18.9 Å². The van der Waals surface area contributed by atoms with E-state index in [4.69, 9.17) is 31.6 Å². The fourth-order valence-corrected chi connectivity index (χ4v) is 4.37. The minimum Gasteiger partial charge on any atom is -0.489 e. The molecule has 0 saturated carbocycles. The zero-order valence-electron chi connectivity index (χ0n) is 21.8. The van der Waals surface area contributed by atoms with Gasteiger partial charge in [0.25, 0.3) is 0 Å². The zero-order valence-corrected chi connectivity index (χ0v) is 22.5. The molecule has 1 saturated heterocycles. The third-order valence-electron chi connectivity index (χ3n) is 6.09. The monoisotopic (exact) mass is 525 g/mol. The lowest BCUT2D eigenvalue weighted by Crippen LogP contribution is -2.39. The second kappa shape index (κ2) is 14.0. The van der Waals surface area contributed by atoms with E-state index >= 15 is 0 Å². The van der Waals surface area contributed by atoms with Gasteiger partial charge in [-0.25, -0.2) is 0 Å². The van der Waals surface area contributed by atoms with Gasteiger partial charge in [0, 0.05) is 37.3 Å². The van der Waals surface area contributed by atoms with Crippen molar-refractivity contribution in [2.45, 2.75) is 39.7 Å². The van der Waals surface area contributed by atoms with Crippen LogP contribution in [0.4, 0.5) is 5.69 Å². The lowest BCUT2D eigenvalue weighted by atomic mass is 9.96. The molecule has 1 atom stereocenters. The van der Waals surface area contributed by atoms with Crippen molar-refractivity contribution in [3.63, 3.8) is 0 Å². The molecule has 7 nitrogen and oxygen atoms in total. The molecule has 0 aliphatic carbocycles. The Bertz CT molecular complexity index is 1130. The van der Waals surface area contributed by atoms with Crippen molar-refractivity contribution in [2.24, 2.45) is 5.92 Å². The fraction of sp³-hybridized carbons (Fsp3) is 0.448. The summed E-state index contributed by atoms with van der Waals surface area (Å²) < 4.78 is 11.4. The Morgan fingerprint density at radius 1 is 1.22 bits per heavy atom. The summed E-state index contributed by atoms with van der Waals surface area (Å²) in [4.78, 5) is 13.4. The molecule has 1 aliphatic rings. The predicted molar refractivity (Wildman–Crippen MR) is 148 cm³/mol. The maximum Gasteiger partial charge on any atom is 0.304 e. The first-order chi connectivity index (χ1) is 17.8. The molecular weight excluding hydrogens is 490 g/mol. The van der Waals surface area contributed by atoms with E-state index in [1.54, 1.807) is 6.92 Å². The van der Waals surface area contributed by atoms with Gasteiger partial charge < -0.3 is 25.3 Å². The number of morpholine rings is 1. The first-order valence-corrected chi connectivity index (χ1v) is 13.0. The third-order valence-corrected chi connectivity index (χ3v) is 6.53. The number of anilines is 1. The summed E-state index contributed by atoms with van der Waals surface area (Å²) in [5, 5.41) is 21.9. The van der Waals surface area contributed by atoms with Crippen molar-refractivity contribution in [3.8, 4) is 17.6 Å². The van der Waals surface area contributed by atoms with E-state index in [2.05, 4.69) is 35.9 Å². The third kappa shape index (κ3) is 8.50. The molecule has 0 spiro atoms. The summed E-state index contributed by atoms with van der Waals surface area (Å²) in [6.07, 6.45) is -0.0459. The maximum absolute atomic E-state index is 11.2. The number of carboxylic acids is 1. The first-order valence-electron chi connectivity index (χ1n) is 12.6. The van der Waals surface area contributed by atoms with E-state index in [0.29, 0.717) is 42.2 Å². The molecule has 0 aromatic heterocycles. The molecule has 8 heteroatoms. The van der Waals surface area contributed by atoms with Gasteiger partial charge in [0.1, 0.15) is 12.4 Å². The number of benzene rings is 2. The van der Waals surface area contributed by atoms with Gasteiger partial charge in [-0.2, -0.15) is 0 Å². The summed E-state index contributed by atoms with van der Waals surface area (Å²) >= 11 is 6.86. The summed E-state index contributed by atoms with van der Waals surface area (Å²) in [7, 11) is 0. The number of aliphatic carboxylic acids is 1. The van der Waals surface area contributed by atoms with Crippen LogP contribution in [0.1, 0.15) is 49.8 Å². The molecule has 1 heterocycles. The number of carbonyl (C=O) groups is 1. The van der Waals surface area contributed by atoms with Crippen LogP contribution in [0, 0.1) is 23.2 Å². The highest BCUT2D eigenvalue weighted by Crippen LogP contribution is 2.32. The fourth-order valence-electron chi connectivity index (χ4n) is 4.09. The quantitative estimate of drug-likeness (QED) is 0.258. The second-order valence-electron chi connectivity index (χ2n) is 9.51. The second-order valence-corrected chi connectivity index (χ2v) is 9.88. The van der Waals surface area contributed by atoms with Crippen LogP contribution in [0.3, 0.4) is 0 Å². The van der Waals surface area contributed by atoms with E-state index in [1.165, 1.54) is 0 Å². The Morgan fingerprint density at radius 2 is 1.92 bits per heavy atom. The number of ether oxygens (including phenoxy) is 2. The van der Waals surface area contributed by atoms with Crippen LogP contribution in [0.25, 0.3) is 0 Å². The van der Waals surface area contributed by atoms with Crippen molar-refractivity contribution in [1.29, 1.82) is 5.41 Å². The molecular formula is C29H36ClN3O4. The van der Waals surface area contributed by atoms with Crippen LogP contribution in [0.2, 0.25) is 5.02 Å². The van der Waals surface area contributed by atoms with Gasteiger partial charge in [-0.05, 0) is 30.5 Å². The van der Waals surface area contributed by atoms with E-state index < -0.39 is 5.97 Å². The normalized spacial score (nSPS) is 14.5. The summed E-state index contributed by atoms with van der Waals surface area (Å²) in [6, 6.07) is 11.2. The molecule has 0 unspecified atom stereocenters.